The van der Waals surface area contributed by atoms with E-state index < -0.39 is 10.0 Å². The van der Waals surface area contributed by atoms with Crippen molar-refractivity contribution in [3.8, 4) is 0 Å². The molecule has 0 spiro atoms. The largest absolute Gasteiger partial charge is 0.346 e. The lowest BCUT2D eigenvalue weighted by atomic mass is 10.1. The number of carbonyl (C=O) groups is 1. The monoisotopic (exact) mass is 354 g/mol. The van der Waals surface area contributed by atoms with Crippen LogP contribution in [-0.4, -0.2) is 14.3 Å². The van der Waals surface area contributed by atoms with Crippen LogP contribution in [-0.2, 0) is 10.0 Å². The van der Waals surface area contributed by atoms with E-state index in [4.69, 9.17) is 5.14 Å². The van der Waals surface area contributed by atoms with Gasteiger partial charge in [-0.1, -0.05) is 42.5 Å². The SMILES string of the molecule is CC(NC(=O)c1ccc2ccccc2c1)c1ccc(S(N)(=O)=O)cc1. The summed E-state index contributed by atoms with van der Waals surface area (Å²) in [6, 6.07) is 19.3. The number of carbonyl (C=O) groups excluding carboxylic acids is 1. The number of rotatable bonds is 4. The van der Waals surface area contributed by atoms with Crippen LogP contribution in [0.4, 0.5) is 0 Å². The molecule has 1 unspecified atom stereocenters. The zero-order chi connectivity index (χ0) is 18.0. The first-order valence-corrected chi connectivity index (χ1v) is 9.32. The first-order chi connectivity index (χ1) is 11.8. The standard InChI is InChI=1S/C19H18N2O3S/c1-13(14-8-10-18(11-9-14)25(20,23)24)21-19(22)17-7-6-15-4-2-3-5-16(15)12-17/h2-13H,1H3,(H,21,22)(H2,20,23,24). The van der Waals surface area contributed by atoms with Gasteiger partial charge >= 0.3 is 0 Å². The minimum absolute atomic E-state index is 0.0457. The molecule has 3 aromatic rings. The van der Waals surface area contributed by atoms with Crippen molar-refractivity contribution in [1.29, 1.82) is 0 Å². The summed E-state index contributed by atoms with van der Waals surface area (Å²) in [4.78, 5) is 12.5. The Kier molecular flexibility index (Phi) is 4.57. The summed E-state index contributed by atoms with van der Waals surface area (Å²) in [5, 5.41) is 10.1. The molecule has 3 N–H and O–H groups in total. The van der Waals surface area contributed by atoms with E-state index in [-0.39, 0.29) is 16.8 Å². The van der Waals surface area contributed by atoms with Gasteiger partial charge in [0.05, 0.1) is 10.9 Å². The summed E-state index contributed by atoms with van der Waals surface area (Å²) in [7, 11) is -3.72. The van der Waals surface area contributed by atoms with Gasteiger partial charge in [0.15, 0.2) is 0 Å². The van der Waals surface area contributed by atoms with Crippen molar-refractivity contribution in [3.05, 3.63) is 77.9 Å². The number of hydrogen-bond donors (Lipinski definition) is 2. The van der Waals surface area contributed by atoms with Crippen LogP contribution in [0.15, 0.2) is 71.6 Å². The summed E-state index contributed by atoms with van der Waals surface area (Å²) in [5.41, 5.74) is 1.37. The van der Waals surface area contributed by atoms with Gasteiger partial charge < -0.3 is 5.32 Å². The quantitative estimate of drug-likeness (QED) is 0.755. The lowest BCUT2D eigenvalue weighted by Crippen LogP contribution is -2.26. The topological polar surface area (TPSA) is 89.3 Å². The van der Waals surface area contributed by atoms with Crippen molar-refractivity contribution >= 4 is 26.7 Å². The molecule has 128 valence electrons. The van der Waals surface area contributed by atoms with Crippen LogP contribution in [0.5, 0.6) is 0 Å². The molecule has 1 amide bonds. The zero-order valence-corrected chi connectivity index (χ0v) is 14.5. The van der Waals surface area contributed by atoms with E-state index in [1.807, 2.05) is 43.3 Å². The van der Waals surface area contributed by atoms with E-state index in [2.05, 4.69) is 5.32 Å². The maximum atomic E-state index is 12.5. The van der Waals surface area contributed by atoms with Crippen LogP contribution in [0.1, 0.15) is 28.9 Å². The molecule has 3 rings (SSSR count). The number of nitrogens with two attached hydrogens (primary N) is 1. The van der Waals surface area contributed by atoms with Crippen LogP contribution in [0, 0.1) is 0 Å². The molecule has 1 atom stereocenters. The van der Waals surface area contributed by atoms with Crippen LogP contribution < -0.4 is 10.5 Å². The number of amides is 1. The van der Waals surface area contributed by atoms with Crippen molar-refractivity contribution in [3.63, 3.8) is 0 Å². The first kappa shape index (κ1) is 17.1. The number of primary sulfonamides is 1. The second-order valence-electron chi connectivity index (χ2n) is 5.87. The second-order valence-corrected chi connectivity index (χ2v) is 7.43. The van der Waals surface area contributed by atoms with E-state index in [0.29, 0.717) is 5.56 Å². The van der Waals surface area contributed by atoms with E-state index in [1.165, 1.54) is 12.1 Å². The molecule has 0 saturated carbocycles. The smallest absolute Gasteiger partial charge is 0.251 e. The van der Waals surface area contributed by atoms with E-state index in [0.717, 1.165) is 16.3 Å². The van der Waals surface area contributed by atoms with Gasteiger partial charge in [0, 0.05) is 5.56 Å². The van der Waals surface area contributed by atoms with Crippen LogP contribution in [0.2, 0.25) is 0 Å². The minimum atomic E-state index is -3.72. The second kappa shape index (κ2) is 6.66. The highest BCUT2D eigenvalue weighted by atomic mass is 32.2. The molecule has 3 aromatic carbocycles. The van der Waals surface area contributed by atoms with Crippen molar-refractivity contribution in [2.45, 2.75) is 17.9 Å². The summed E-state index contributed by atoms with van der Waals surface area (Å²) in [6.45, 7) is 1.84. The van der Waals surface area contributed by atoms with Crippen LogP contribution >= 0.6 is 0 Å². The predicted octanol–water partition coefficient (Wildman–Crippen LogP) is 2.98. The molecule has 0 aliphatic rings. The van der Waals surface area contributed by atoms with Crippen molar-refractivity contribution in [2.75, 3.05) is 0 Å². The lowest BCUT2D eigenvalue weighted by Gasteiger charge is -2.15. The molecule has 0 aliphatic carbocycles. The van der Waals surface area contributed by atoms with E-state index in [9.17, 15) is 13.2 Å². The lowest BCUT2D eigenvalue weighted by molar-refractivity contribution is 0.0940. The average Bonchev–Trinajstić information content (AvgIpc) is 2.60. The molecular formula is C19H18N2O3S. The summed E-state index contributed by atoms with van der Waals surface area (Å²) in [5.74, 6) is -0.186. The van der Waals surface area contributed by atoms with Crippen LogP contribution in [0.25, 0.3) is 10.8 Å². The maximum Gasteiger partial charge on any atom is 0.251 e. The average molecular weight is 354 g/mol. The van der Waals surface area contributed by atoms with Gasteiger partial charge in [0.25, 0.3) is 5.91 Å². The summed E-state index contributed by atoms with van der Waals surface area (Å²) >= 11 is 0. The molecule has 0 heterocycles. The molecule has 0 fully saturated rings. The number of benzene rings is 3. The highest BCUT2D eigenvalue weighted by molar-refractivity contribution is 7.89. The van der Waals surface area contributed by atoms with Crippen molar-refractivity contribution < 1.29 is 13.2 Å². The Hall–Kier alpha value is -2.70. The first-order valence-electron chi connectivity index (χ1n) is 7.77. The van der Waals surface area contributed by atoms with E-state index >= 15 is 0 Å². The highest BCUT2D eigenvalue weighted by Gasteiger charge is 2.13. The fourth-order valence-electron chi connectivity index (χ4n) is 2.64. The normalized spacial score (nSPS) is 12.7. The number of hydrogen-bond acceptors (Lipinski definition) is 3. The molecule has 0 aliphatic heterocycles. The molecule has 5 nitrogen and oxygen atoms in total. The fourth-order valence-corrected chi connectivity index (χ4v) is 3.16. The number of fused-ring (bicyclic) bond motifs is 1. The van der Waals surface area contributed by atoms with Gasteiger partial charge in [-0.2, -0.15) is 0 Å². The van der Waals surface area contributed by atoms with Crippen molar-refractivity contribution in [1.82, 2.24) is 5.32 Å². The highest BCUT2D eigenvalue weighted by Crippen LogP contribution is 2.18. The molecule has 6 heteroatoms. The Bertz CT molecular complexity index is 1030. The maximum absolute atomic E-state index is 12.5. The number of sulfonamides is 1. The molecule has 0 bridgehead atoms. The van der Waals surface area contributed by atoms with Crippen molar-refractivity contribution in [2.24, 2.45) is 5.14 Å². The summed E-state index contributed by atoms with van der Waals surface area (Å²) in [6.07, 6.45) is 0. The molecule has 0 aromatic heterocycles. The van der Waals surface area contributed by atoms with Gasteiger partial charge in [0.1, 0.15) is 0 Å². The zero-order valence-electron chi connectivity index (χ0n) is 13.6. The Morgan fingerprint density at radius 3 is 2.24 bits per heavy atom. The summed E-state index contributed by atoms with van der Waals surface area (Å²) < 4.78 is 22.6. The third-order valence-electron chi connectivity index (χ3n) is 4.07. The Labute approximate surface area is 146 Å². The Morgan fingerprint density at radius 2 is 1.60 bits per heavy atom. The third kappa shape index (κ3) is 3.87. The molecular weight excluding hydrogens is 336 g/mol. The fraction of sp³-hybridized carbons (Fsp3) is 0.105. The predicted molar refractivity (Wildman–Crippen MR) is 97.6 cm³/mol. The Morgan fingerprint density at radius 1 is 0.960 bits per heavy atom. The van der Waals surface area contributed by atoms with Gasteiger partial charge in [-0.25, -0.2) is 13.6 Å². The molecule has 0 saturated heterocycles. The number of nitrogens with one attached hydrogen (secondary N) is 1. The van der Waals surface area contributed by atoms with Crippen LogP contribution in [0.3, 0.4) is 0 Å². The Balaban J connectivity index is 1.77. The van der Waals surface area contributed by atoms with Gasteiger partial charge in [-0.15, -0.1) is 0 Å². The molecule has 0 radical (unpaired) electrons. The molecule has 25 heavy (non-hydrogen) atoms. The minimum Gasteiger partial charge on any atom is -0.346 e. The van der Waals surface area contributed by atoms with E-state index in [1.54, 1.807) is 18.2 Å². The van der Waals surface area contributed by atoms with Gasteiger partial charge in [-0.3, -0.25) is 4.79 Å². The third-order valence-corrected chi connectivity index (χ3v) is 5.00. The van der Waals surface area contributed by atoms with Gasteiger partial charge in [-0.05, 0) is 47.5 Å². The van der Waals surface area contributed by atoms with Gasteiger partial charge in [0.2, 0.25) is 10.0 Å².